The van der Waals surface area contributed by atoms with Crippen molar-refractivity contribution in [1.82, 2.24) is 20.2 Å². The smallest absolute Gasteiger partial charge is 0.247 e. The summed E-state index contributed by atoms with van der Waals surface area (Å²) in [6.07, 6.45) is 3.26. The lowest BCUT2D eigenvalue weighted by Gasteiger charge is -2.30. The second kappa shape index (κ2) is 7.30. The number of carbonyl (C=O) groups excluding carboxylic acids is 1. The zero-order valence-corrected chi connectivity index (χ0v) is 15.6. The van der Waals surface area contributed by atoms with E-state index in [9.17, 15) is 4.79 Å². The van der Waals surface area contributed by atoms with Gasteiger partial charge in [-0.15, -0.1) is 10.2 Å². The first-order valence-electron chi connectivity index (χ1n) is 8.49. The molecule has 2 unspecified atom stereocenters. The van der Waals surface area contributed by atoms with Crippen LogP contribution in [0, 0.1) is 11.8 Å². The van der Waals surface area contributed by atoms with Crippen molar-refractivity contribution in [2.75, 3.05) is 16.0 Å². The Bertz CT molecular complexity index is 761. The summed E-state index contributed by atoms with van der Waals surface area (Å²) in [6.45, 7) is 8.39. The molecule has 9 heteroatoms. The fourth-order valence-electron chi connectivity index (χ4n) is 2.60. The fraction of sp³-hybridized carbons (Fsp3) is 0.562. The molecular formula is C16H23N7OS. The molecule has 2 aromatic rings. The van der Waals surface area contributed by atoms with Gasteiger partial charge in [0.2, 0.25) is 11.0 Å². The molecule has 1 aliphatic rings. The average Bonchev–Trinajstić information content (AvgIpc) is 3.00. The predicted molar refractivity (Wildman–Crippen MR) is 99.3 cm³/mol. The third-order valence-corrected chi connectivity index (χ3v) is 5.02. The van der Waals surface area contributed by atoms with Gasteiger partial charge in [0.25, 0.3) is 0 Å². The van der Waals surface area contributed by atoms with E-state index in [4.69, 9.17) is 0 Å². The highest BCUT2D eigenvalue weighted by Gasteiger charge is 2.31. The normalized spacial score (nSPS) is 17.6. The second-order valence-corrected chi connectivity index (χ2v) is 7.73. The molecule has 0 bridgehead atoms. The number of hydrogen-bond donors (Lipinski definition) is 3. The van der Waals surface area contributed by atoms with Crippen molar-refractivity contribution >= 4 is 39.7 Å². The summed E-state index contributed by atoms with van der Waals surface area (Å²) in [5.41, 5.74) is 0.549. The molecule has 2 aromatic heterocycles. The summed E-state index contributed by atoms with van der Waals surface area (Å²) in [7, 11) is 0. The van der Waals surface area contributed by atoms with Gasteiger partial charge in [-0.25, -0.2) is 9.97 Å². The summed E-state index contributed by atoms with van der Waals surface area (Å²) in [4.78, 5) is 20.9. The Morgan fingerprint density at radius 3 is 2.80 bits per heavy atom. The number of nitrogens with one attached hydrogen (secondary N) is 3. The van der Waals surface area contributed by atoms with Gasteiger partial charge in [0, 0.05) is 6.42 Å². The monoisotopic (exact) mass is 361 g/mol. The Kier molecular flexibility index (Phi) is 5.12. The second-order valence-electron chi connectivity index (χ2n) is 6.67. The summed E-state index contributed by atoms with van der Waals surface area (Å²) < 4.78 is 0. The molecule has 1 amide bonds. The summed E-state index contributed by atoms with van der Waals surface area (Å²) in [6, 6.07) is -0.292. The third-order valence-electron chi connectivity index (χ3n) is 4.16. The molecule has 0 fully saturated rings. The van der Waals surface area contributed by atoms with Crippen LogP contribution < -0.4 is 16.0 Å². The first-order valence-corrected chi connectivity index (χ1v) is 9.31. The van der Waals surface area contributed by atoms with Gasteiger partial charge < -0.3 is 16.0 Å². The van der Waals surface area contributed by atoms with Gasteiger partial charge in [0.1, 0.15) is 23.1 Å². The highest BCUT2D eigenvalue weighted by atomic mass is 32.1. The van der Waals surface area contributed by atoms with Gasteiger partial charge in [-0.2, -0.15) is 0 Å². The summed E-state index contributed by atoms with van der Waals surface area (Å²) in [5.74, 6) is 1.79. The zero-order chi connectivity index (χ0) is 18.0. The minimum Gasteiger partial charge on any atom is -0.356 e. The van der Waals surface area contributed by atoms with Gasteiger partial charge in [-0.3, -0.25) is 4.79 Å². The van der Waals surface area contributed by atoms with Crippen molar-refractivity contribution in [3.63, 3.8) is 0 Å². The van der Waals surface area contributed by atoms with Gasteiger partial charge in [0.05, 0.1) is 0 Å². The molecule has 0 aromatic carbocycles. The number of carbonyl (C=O) groups is 1. The number of amides is 1. The van der Waals surface area contributed by atoms with Crippen LogP contribution >= 0.6 is 11.3 Å². The lowest BCUT2D eigenvalue weighted by Crippen LogP contribution is -2.43. The average molecular weight is 361 g/mol. The van der Waals surface area contributed by atoms with E-state index in [1.807, 2.05) is 6.92 Å². The number of anilines is 4. The van der Waals surface area contributed by atoms with Crippen LogP contribution in [0.4, 0.5) is 22.5 Å². The fourth-order valence-corrected chi connectivity index (χ4v) is 3.55. The standard InChI is InChI=1S/C16H23N7OS/c1-5-9(4)11-15(24)20-12-13(19-11)17-7-18-14(12)21-16-23-22-10(25-16)6-8(2)3/h7-9,11H,5-6H2,1-4H3,(H,20,24)(H2,17,18,19,21,23). The van der Waals surface area contributed by atoms with Gasteiger partial charge >= 0.3 is 0 Å². The maximum atomic E-state index is 12.4. The van der Waals surface area contributed by atoms with E-state index in [-0.39, 0.29) is 17.9 Å². The molecule has 0 saturated heterocycles. The third kappa shape index (κ3) is 3.87. The minimum atomic E-state index is -0.292. The molecule has 0 radical (unpaired) electrons. The molecule has 8 nitrogen and oxygen atoms in total. The highest BCUT2D eigenvalue weighted by Crippen LogP contribution is 2.34. The highest BCUT2D eigenvalue weighted by molar-refractivity contribution is 7.15. The molecule has 3 heterocycles. The van der Waals surface area contributed by atoms with Crippen molar-refractivity contribution in [2.24, 2.45) is 11.8 Å². The molecule has 3 N–H and O–H groups in total. The lowest BCUT2D eigenvalue weighted by atomic mass is 9.97. The first kappa shape index (κ1) is 17.5. The van der Waals surface area contributed by atoms with Gasteiger partial charge in [-0.05, 0) is 11.8 Å². The lowest BCUT2D eigenvalue weighted by molar-refractivity contribution is -0.118. The van der Waals surface area contributed by atoms with Crippen molar-refractivity contribution in [1.29, 1.82) is 0 Å². The Balaban J connectivity index is 1.81. The number of nitrogens with zero attached hydrogens (tertiary/aromatic N) is 4. The minimum absolute atomic E-state index is 0.0718. The molecule has 1 aliphatic heterocycles. The van der Waals surface area contributed by atoms with Crippen LogP contribution in [-0.2, 0) is 11.2 Å². The van der Waals surface area contributed by atoms with Crippen molar-refractivity contribution in [2.45, 2.75) is 46.6 Å². The van der Waals surface area contributed by atoms with E-state index < -0.39 is 0 Å². The van der Waals surface area contributed by atoms with E-state index >= 15 is 0 Å². The van der Waals surface area contributed by atoms with E-state index in [1.165, 1.54) is 17.7 Å². The first-order chi connectivity index (χ1) is 12.0. The molecule has 25 heavy (non-hydrogen) atoms. The quantitative estimate of drug-likeness (QED) is 0.726. The number of fused-ring (bicyclic) bond motifs is 1. The Morgan fingerprint density at radius 2 is 2.08 bits per heavy atom. The van der Waals surface area contributed by atoms with Gasteiger partial charge in [-0.1, -0.05) is 45.5 Å². The van der Waals surface area contributed by atoms with Crippen LogP contribution in [0.5, 0.6) is 0 Å². The van der Waals surface area contributed by atoms with Crippen LogP contribution in [0.25, 0.3) is 0 Å². The van der Waals surface area contributed by atoms with Crippen molar-refractivity contribution < 1.29 is 4.79 Å². The summed E-state index contributed by atoms with van der Waals surface area (Å²) >= 11 is 1.49. The van der Waals surface area contributed by atoms with E-state index in [0.717, 1.165) is 17.8 Å². The SMILES string of the molecule is CCC(C)C1Nc2ncnc(Nc3nnc(CC(C)C)s3)c2NC1=O. The van der Waals surface area contributed by atoms with Crippen LogP contribution in [0.2, 0.25) is 0 Å². The van der Waals surface area contributed by atoms with Crippen LogP contribution in [0.1, 0.15) is 39.1 Å². The molecule has 0 spiro atoms. The molecule has 134 valence electrons. The summed E-state index contributed by atoms with van der Waals surface area (Å²) in [5, 5.41) is 19.2. The number of rotatable bonds is 6. The maximum absolute atomic E-state index is 12.4. The van der Waals surface area contributed by atoms with E-state index in [0.29, 0.717) is 28.4 Å². The van der Waals surface area contributed by atoms with E-state index in [1.54, 1.807) is 0 Å². The molecular weight excluding hydrogens is 338 g/mol. The topological polar surface area (TPSA) is 105 Å². The predicted octanol–water partition coefficient (Wildman–Crippen LogP) is 3.05. The van der Waals surface area contributed by atoms with Crippen LogP contribution in [0.15, 0.2) is 6.33 Å². The molecule has 0 aliphatic carbocycles. The van der Waals surface area contributed by atoms with Crippen LogP contribution in [-0.4, -0.2) is 32.1 Å². The Morgan fingerprint density at radius 1 is 1.28 bits per heavy atom. The number of hydrogen-bond acceptors (Lipinski definition) is 8. The Hall–Kier alpha value is -2.29. The Labute approximate surface area is 150 Å². The van der Waals surface area contributed by atoms with Crippen molar-refractivity contribution in [3.05, 3.63) is 11.3 Å². The van der Waals surface area contributed by atoms with Crippen LogP contribution in [0.3, 0.4) is 0 Å². The molecule has 0 saturated carbocycles. The zero-order valence-electron chi connectivity index (χ0n) is 14.8. The maximum Gasteiger partial charge on any atom is 0.247 e. The van der Waals surface area contributed by atoms with E-state index in [2.05, 4.69) is 56.9 Å². The van der Waals surface area contributed by atoms with Gasteiger partial charge in [0.15, 0.2) is 11.6 Å². The van der Waals surface area contributed by atoms with Crippen molar-refractivity contribution in [3.8, 4) is 0 Å². The molecule has 2 atom stereocenters. The largest absolute Gasteiger partial charge is 0.356 e. The molecule has 3 rings (SSSR count). The number of aromatic nitrogens is 4.